The van der Waals surface area contributed by atoms with Crippen LogP contribution in [-0.4, -0.2) is 6.54 Å². The Kier molecular flexibility index (Phi) is 4.66. The van der Waals surface area contributed by atoms with E-state index in [1.807, 2.05) is 24.3 Å². The third-order valence-electron chi connectivity index (χ3n) is 3.07. The molecule has 2 N–H and O–H groups in total. The maximum atomic E-state index is 13.2. The van der Waals surface area contributed by atoms with Crippen molar-refractivity contribution in [2.45, 2.75) is 12.3 Å². The molecule has 0 aliphatic carbocycles. The van der Waals surface area contributed by atoms with Gasteiger partial charge >= 0.3 is 0 Å². The number of halogens is 3. The van der Waals surface area contributed by atoms with Crippen molar-refractivity contribution in [1.29, 1.82) is 0 Å². The lowest BCUT2D eigenvalue weighted by atomic mass is 9.92. The molecule has 0 amide bonds. The van der Waals surface area contributed by atoms with Gasteiger partial charge in [0.1, 0.15) is 0 Å². The summed E-state index contributed by atoms with van der Waals surface area (Å²) in [7, 11) is 0. The molecule has 0 aromatic heterocycles. The molecule has 2 rings (SSSR count). The lowest BCUT2D eigenvalue weighted by molar-refractivity contribution is 0.506. The Labute approximate surface area is 119 Å². The van der Waals surface area contributed by atoms with Crippen LogP contribution in [0.5, 0.6) is 0 Å². The number of hydrogen-bond acceptors (Lipinski definition) is 1. The lowest BCUT2D eigenvalue weighted by Gasteiger charge is -2.16. The fourth-order valence-electron chi connectivity index (χ4n) is 2.05. The first kappa shape index (κ1) is 14.2. The van der Waals surface area contributed by atoms with Gasteiger partial charge in [-0.1, -0.05) is 34.1 Å². The van der Waals surface area contributed by atoms with E-state index in [2.05, 4.69) is 15.9 Å². The van der Waals surface area contributed by atoms with Crippen LogP contribution in [-0.2, 0) is 6.42 Å². The van der Waals surface area contributed by atoms with Crippen molar-refractivity contribution in [3.63, 3.8) is 0 Å². The fraction of sp³-hybridized carbons (Fsp3) is 0.200. The van der Waals surface area contributed by atoms with Crippen molar-refractivity contribution in [2.75, 3.05) is 6.54 Å². The molecule has 19 heavy (non-hydrogen) atoms. The molecular weight excluding hydrogens is 312 g/mol. The van der Waals surface area contributed by atoms with Crippen LogP contribution >= 0.6 is 15.9 Å². The van der Waals surface area contributed by atoms with E-state index in [1.54, 1.807) is 6.07 Å². The van der Waals surface area contributed by atoms with Gasteiger partial charge < -0.3 is 5.73 Å². The van der Waals surface area contributed by atoms with Crippen molar-refractivity contribution >= 4 is 15.9 Å². The van der Waals surface area contributed by atoms with Crippen LogP contribution in [0.3, 0.4) is 0 Å². The van der Waals surface area contributed by atoms with Gasteiger partial charge in [-0.15, -0.1) is 0 Å². The van der Waals surface area contributed by atoms with Crippen LogP contribution in [0.4, 0.5) is 8.78 Å². The first-order valence-corrected chi connectivity index (χ1v) is 6.79. The van der Waals surface area contributed by atoms with Gasteiger partial charge in [0.15, 0.2) is 11.6 Å². The standard InChI is InChI=1S/C15H14BrF2N/c16-13-3-1-2-11(8-13)12(9-19)6-10-4-5-14(17)15(18)7-10/h1-5,7-8,12H,6,9,19H2. The second-order valence-electron chi connectivity index (χ2n) is 4.44. The molecule has 0 heterocycles. The van der Waals surface area contributed by atoms with E-state index in [0.29, 0.717) is 13.0 Å². The van der Waals surface area contributed by atoms with Gasteiger partial charge in [-0.05, 0) is 48.4 Å². The van der Waals surface area contributed by atoms with Crippen LogP contribution < -0.4 is 5.73 Å². The molecule has 0 radical (unpaired) electrons. The Balaban J connectivity index is 2.21. The first-order chi connectivity index (χ1) is 9.10. The number of nitrogens with two attached hydrogens (primary N) is 1. The van der Waals surface area contributed by atoms with E-state index in [0.717, 1.165) is 21.7 Å². The highest BCUT2D eigenvalue weighted by molar-refractivity contribution is 9.10. The van der Waals surface area contributed by atoms with E-state index in [4.69, 9.17) is 5.73 Å². The van der Waals surface area contributed by atoms with Crippen LogP contribution in [0.25, 0.3) is 0 Å². The zero-order valence-corrected chi connectivity index (χ0v) is 11.8. The van der Waals surface area contributed by atoms with E-state index < -0.39 is 11.6 Å². The number of rotatable bonds is 4. The second-order valence-corrected chi connectivity index (χ2v) is 5.36. The van der Waals surface area contributed by atoms with Crippen molar-refractivity contribution in [3.05, 3.63) is 69.7 Å². The van der Waals surface area contributed by atoms with Crippen LogP contribution in [0.15, 0.2) is 46.9 Å². The fourth-order valence-corrected chi connectivity index (χ4v) is 2.47. The highest BCUT2D eigenvalue weighted by Crippen LogP contribution is 2.23. The molecule has 2 aromatic rings. The molecule has 1 unspecified atom stereocenters. The predicted octanol–water partition coefficient (Wildman–Crippen LogP) is 4.01. The van der Waals surface area contributed by atoms with Crippen molar-refractivity contribution in [3.8, 4) is 0 Å². The van der Waals surface area contributed by atoms with Crippen LogP contribution in [0.1, 0.15) is 17.0 Å². The monoisotopic (exact) mass is 325 g/mol. The summed E-state index contributed by atoms with van der Waals surface area (Å²) in [6.45, 7) is 0.454. The topological polar surface area (TPSA) is 26.0 Å². The summed E-state index contributed by atoms with van der Waals surface area (Å²) >= 11 is 3.42. The number of hydrogen-bond donors (Lipinski definition) is 1. The Morgan fingerprint density at radius 3 is 2.47 bits per heavy atom. The lowest BCUT2D eigenvalue weighted by Crippen LogP contribution is -2.15. The minimum absolute atomic E-state index is 0.0855. The normalized spacial score (nSPS) is 12.4. The van der Waals surface area contributed by atoms with Crippen molar-refractivity contribution in [2.24, 2.45) is 5.73 Å². The molecule has 4 heteroatoms. The summed E-state index contributed by atoms with van der Waals surface area (Å²) in [5.41, 5.74) is 7.62. The molecule has 0 spiro atoms. The van der Waals surface area contributed by atoms with Gasteiger partial charge in [-0.3, -0.25) is 0 Å². The maximum absolute atomic E-state index is 13.2. The Morgan fingerprint density at radius 1 is 1.05 bits per heavy atom. The molecule has 1 nitrogen and oxygen atoms in total. The SMILES string of the molecule is NCC(Cc1ccc(F)c(F)c1)c1cccc(Br)c1. The van der Waals surface area contributed by atoms with Gasteiger partial charge in [0.05, 0.1) is 0 Å². The largest absolute Gasteiger partial charge is 0.330 e. The van der Waals surface area contributed by atoms with Crippen molar-refractivity contribution in [1.82, 2.24) is 0 Å². The minimum Gasteiger partial charge on any atom is -0.330 e. The smallest absolute Gasteiger partial charge is 0.159 e. The zero-order valence-electron chi connectivity index (χ0n) is 10.2. The number of benzene rings is 2. The predicted molar refractivity (Wildman–Crippen MR) is 76.0 cm³/mol. The molecule has 0 bridgehead atoms. The van der Waals surface area contributed by atoms with E-state index in [9.17, 15) is 8.78 Å². The van der Waals surface area contributed by atoms with Gasteiger partial charge in [-0.25, -0.2) is 8.78 Å². The van der Waals surface area contributed by atoms with E-state index in [-0.39, 0.29) is 5.92 Å². The third kappa shape index (κ3) is 3.61. The first-order valence-electron chi connectivity index (χ1n) is 5.99. The molecule has 100 valence electrons. The van der Waals surface area contributed by atoms with Crippen molar-refractivity contribution < 1.29 is 8.78 Å². The highest BCUT2D eigenvalue weighted by atomic mass is 79.9. The quantitative estimate of drug-likeness (QED) is 0.903. The summed E-state index contributed by atoms with van der Waals surface area (Å²) in [5, 5.41) is 0. The summed E-state index contributed by atoms with van der Waals surface area (Å²) in [6, 6.07) is 11.8. The molecule has 2 aromatic carbocycles. The van der Waals surface area contributed by atoms with Gasteiger partial charge in [0.25, 0.3) is 0 Å². The summed E-state index contributed by atoms with van der Waals surface area (Å²) < 4.78 is 27.1. The van der Waals surface area contributed by atoms with Crippen LogP contribution in [0, 0.1) is 11.6 Å². The molecule has 0 aliphatic heterocycles. The Morgan fingerprint density at radius 2 is 1.84 bits per heavy atom. The average Bonchev–Trinajstić information content (AvgIpc) is 2.40. The second kappa shape index (κ2) is 6.26. The van der Waals surface area contributed by atoms with E-state index in [1.165, 1.54) is 6.07 Å². The molecule has 0 fully saturated rings. The van der Waals surface area contributed by atoms with E-state index >= 15 is 0 Å². The minimum atomic E-state index is -0.824. The van der Waals surface area contributed by atoms with Gasteiger partial charge in [0, 0.05) is 10.4 Å². The zero-order chi connectivity index (χ0) is 13.8. The maximum Gasteiger partial charge on any atom is 0.159 e. The third-order valence-corrected chi connectivity index (χ3v) is 3.56. The van der Waals surface area contributed by atoms with Gasteiger partial charge in [0.2, 0.25) is 0 Å². The summed E-state index contributed by atoms with van der Waals surface area (Å²) in [6.07, 6.45) is 0.587. The Bertz CT molecular complexity index is 572. The van der Waals surface area contributed by atoms with Gasteiger partial charge in [-0.2, -0.15) is 0 Å². The molecular formula is C15H14BrF2N. The molecule has 0 saturated heterocycles. The Hall–Kier alpha value is -1.26. The average molecular weight is 326 g/mol. The molecule has 0 saturated carbocycles. The summed E-state index contributed by atoms with van der Waals surface area (Å²) in [4.78, 5) is 0. The molecule has 1 atom stereocenters. The summed E-state index contributed by atoms with van der Waals surface area (Å²) in [5.74, 6) is -1.56. The molecule has 0 aliphatic rings. The highest BCUT2D eigenvalue weighted by Gasteiger charge is 2.12. The van der Waals surface area contributed by atoms with Crippen LogP contribution in [0.2, 0.25) is 0 Å².